The van der Waals surface area contributed by atoms with Crippen molar-refractivity contribution in [2.45, 2.75) is 19.0 Å². The highest BCUT2D eigenvalue weighted by Gasteiger charge is 2.25. The molecule has 1 unspecified atom stereocenters. The van der Waals surface area contributed by atoms with Crippen molar-refractivity contribution in [3.63, 3.8) is 0 Å². The molecule has 1 amide bonds. The van der Waals surface area contributed by atoms with E-state index in [1.807, 2.05) is 18.2 Å². The Kier molecular flexibility index (Phi) is 5.26. The van der Waals surface area contributed by atoms with Gasteiger partial charge in [-0.1, -0.05) is 12.1 Å². The number of nitrogens with zero attached hydrogens (tertiary/aromatic N) is 3. The number of amides is 1. The fraction of sp³-hybridized carbons (Fsp3) is 0.238. The average molecular weight is 407 g/mol. The SMILES string of the molecule is C=CCn1c(=S)[nH]c2cc(C(=O)NC3CCN(c4ccccn4)C3)ccc2c1=O. The van der Waals surface area contributed by atoms with Crippen LogP contribution in [0.5, 0.6) is 0 Å². The van der Waals surface area contributed by atoms with Crippen molar-refractivity contribution in [1.82, 2.24) is 19.9 Å². The lowest BCUT2D eigenvalue weighted by Gasteiger charge is -2.17. The fourth-order valence-corrected chi connectivity index (χ4v) is 3.85. The number of rotatable bonds is 5. The Morgan fingerprint density at radius 3 is 3.00 bits per heavy atom. The van der Waals surface area contributed by atoms with Crippen molar-refractivity contribution in [3.8, 4) is 0 Å². The third-order valence-electron chi connectivity index (χ3n) is 5.05. The molecule has 3 heterocycles. The molecule has 1 aliphatic rings. The fourth-order valence-electron chi connectivity index (χ4n) is 3.59. The van der Waals surface area contributed by atoms with Gasteiger partial charge < -0.3 is 15.2 Å². The molecule has 1 saturated heterocycles. The van der Waals surface area contributed by atoms with Crippen LogP contribution in [0.3, 0.4) is 0 Å². The summed E-state index contributed by atoms with van der Waals surface area (Å²) < 4.78 is 1.75. The molecule has 0 saturated carbocycles. The van der Waals surface area contributed by atoms with Crippen molar-refractivity contribution in [1.29, 1.82) is 0 Å². The molecular weight excluding hydrogens is 386 g/mol. The van der Waals surface area contributed by atoms with Gasteiger partial charge in [0.15, 0.2) is 4.77 Å². The maximum Gasteiger partial charge on any atom is 0.262 e. The van der Waals surface area contributed by atoms with Gasteiger partial charge in [0.25, 0.3) is 11.5 Å². The lowest BCUT2D eigenvalue weighted by molar-refractivity contribution is 0.0940. The van der Waals surface area contributed by atoms with E-state index in [4.69, 9.17) is 12.2 Å². The molecule has 29 heavy (non-hydrogen) atoms. The van der Waals surface area contributed by atoms with Gasteiger partial charge in [-0.3, -0.25) is 14.2 Å². The summed E-state index contributed by atoms with van der Waals surface area (Å²) in [6.07, 6.45) is 4.24. The summed E-state index contributed by atoms with van der Waals surface area (Å²) in [6.45, 7) is 5.54. The lowest BCUT2D eigenvalue weighted by Crippen LogP contribution is -2.37. The number of hydrogen-bond donors (Lipinski definition) is 2. The molecule has 7 nitrogen and oxygen atoms in total. The van der Waals surface area contributed by atoms with Crippen LogP contribution in [0.4, 0.5) is 5.82 Å². The normalized spacial score (nSPS) is 16.1. The summed E-state index contributed by atoms with van der Waals surface area (Å²) >= 11 is 5.26. The molecule has 1 atom stereocenters. The lowest BCUT2D eigenvalue weighted by atomic mass is 10.1. The summed E-state index contributed by atoms with van der Waals surface area (Å²) in [4.78, 5) is 34.9. The van der Waals surface area contributed by atoms with E-state index in [2.05, 4.69) is 26.8 Å². The smallest absolute Gasteiger partial charge is 0.262 e. The predicted octanol–water partition coefficient (Wildman–Crippen LogP) is 2.65. The molecular formula is C21H21N5O2S. The van der Waals surface area contributed by atoms with Crippen LogP contribution in [0.15, 0.2) is 60.0 Å². The molecule has 8 heteroatoms. The molecule has 0 aliphatic carbocycles. The van der Waals surface area contributed by atoms with E-state index in [-0.39, 0.29) is 17.5 Å². The third-order valence-corrected chi connectivity index (χ3v) is 5.37. The Bertz CT molecular complexity index is 1190. The molecule has 0 radical (unpaired) electrons. The minimum absolute atomic E-state index is 0.0410. The van der Waals surface area contributed by atoms with Gasteiger partial charge in [-0.25, -0.2) is 4.98 Å². The molecule has 2 N–H and O–H groups in total. The van der Waals surface area contributed by atoms with E-state index in [9.17, 15) is 9.59 Å². The highest BCUT2D eigenvalue weighted by atomic mass is 32.1. The van der Waals surface area contributed by atoms with Crippen LogP contribution in [0.1, 0.15) is 16.8 Å². The van der Waals surface area contributed by atoms with Crippen molar-refractivity contribution < 1.29 is 4.79 Å². The highest BCUT2D eigenvalue weighted by Crippen LogP contribution is 2.18. The summed E-state index contributed by atoms with van der Waals surface area (Å²) in [5.41, 5.74) is 0.840. The van der Waals surface area contributed by atoms with Gasteiger partial charge in [-0.05, 0) is 49.0 Å². The van der Waals surface area contributed by atoms with E-state index in [0.29, 0.717) is 34.3 Å². The van der Waals surface area contributed by atoms with E-state index < -0.39 is 0 Å². The predicted molar refractivity (Wildman–Crippen MR) is 116 cm³/mol. The van der Waals surface area contributed by atoms with Crippen molar-refractivity contribution in [2.75, 3.05) is 18.0 Å². The molecule has 148 valence electrons. The number of fused-ring (bicyclic) bond motifs is 1. The molecule has 1 aromatic carbocycles. The maximum atomic E-state index is 12.7. The Hall–Kier alpha value is -3.26. The molecule has 0 spiro atoms. The topological polar surface area (TPSA) is 83.0 Å². The number of carbonyl (C=O) groups is 1. The van der Waals surface area contributed by atoms with Gasteiger partial charge in [0.05, 0.1) is 10.9 Å². The minimum atomic E-state index is -0.197. The number of allylic oxidation sites excluding steroid dienone is 1. The molecule has 1 fully saturated rings. The first-order chi connectivity index (χ1) is 14.1. The molecule has 3 aromatic rings. The largest absolute Gasteiger partial charge is 0.354 e. The van der Waals surface area contributed by atoms with Crippen LogP contribution in [-0.4, -0.2) is 39.6 Å². The van der Waals surface area contributed by atoms with Crippen LogP contribution in [0, 0.1) is 4.77 Å². The van der Waals surface area contributed by atoms with Gasteiger partial charge in [0, 0.05) is 37.4 Å². The highest BCUT2D eigenvalue weighted by molar-refractivity contribution is 7.71. The standard InChI is InChI=1S/C21H21N5O2S/c1-2-10-26-20(28)16-7-6-14(12-17(16)24-21(26)29)19(27)23-15-8-11-25(13-15)18-5-3-4-9-22-18/h2-7,9,12,15H,1,8,10-11,13H2,(H,23,27)(H,24,29). The number of nitrogens with one attached hydrogen (secondary N) is 2. The number of aromatic amines is 1. The van der Waals surface area contributed by atoms with E-state index in [1.54, 1.807) is 30.5 Å². The maximum absolute atomic E-state index is 12.7. The number of carbonyl (C=O) groups excluding carboxylic acids is 1. The number of anilines is 1. The van der Waals surface area contributed by atoms with E-state index >= 15 is 0 Å². The second-order valence-electron chi connectivity index (χ2n) is 6.99. The van der Waals surface area contributed by atoms with E-state index in [1.165, 1.54) is 4.57 Å². The van der Waals surface area contributed by atoms with Crippen LogP contribution >= 0.6 is 12.2 Å². The van der Waals surface area contributed by atoms with Crippen molar-refractivity contribution in [3.05, 3.63) is 75.9 Å². The number of aromatic nitrogens is 3. The van der Waals surface area contributed by atoms with Crippen LogP contribution in [0.2, 0.25) is 0 Å². The summed E-state index contributed by atoms with van der Waals surface area (Å²) in [7, 11) is 0. The zero-order valence-corrected chi connectivity index (χ0v) is 16.6. The number of benzene rings is 1. The summed E-state index contributed by atoms with van der Waals surface area (Å²) in [5.74, 6) is 0.743. The Balaban J connectivity index is 1.52. The average Bonchev–Trinajstić information content (AvgIpc) is 3.20. The van der Waals surface area contributed by atoms with Crippen molar-refractivity contribution in [2.24, 2.45) is 0 Å². The first-order valence-electron chi connectivity index (χ1n) is 9.41. The molecule has 1 aliphatic heterocycles. The second kappa shape index (κ2) is 8.00. The minimum Gasteiger partial charge on any atom is -0.354 e. The number of H-pyrrole nitrogens is 1. The Morgan fingerprint density at radius 1 is 1.38 bits per heavy atom. The number of pyridine rings is 1. The monoisotopic (exact) mass is 407 g/mol. The van der Waals surface area contributed by atoms with Crippen LogP contribution < -0.4 is 15.8 Å². The van der Waals surface area contributed by atoms with Gasteiger partial charge in [-0.2, -0.15) is 0 Å². The first kappa shape index (κ1) is 19.1. The Labute approximate surface area is 172 Å². The number of hydrogen-bond acceptors (Lipinski definition) is 5. The van der Waals surface area contributed by atoms with Crippen LogP contribution in [0.25, 0.3) is 10.9 Å². The van der Waals surface area contributed by atoms with Gasteiger partial charge in [0.1, 0.15) is 5.82 Å². The second-order valence-corrected chi connectivity index (χ2v) is 7.37. The zero-order chi connectivity index (χ0) is 20.4. The van der Waals surface area contributed by atoms with Gasteiger partial charge >= 0.3 is 0 Å². The third kappa shape index (κ3) is 3.84. The molecule has 2 aromatic heterocycles. The van der Waals surface area contributed by atoms with E-state index in [0.717, 1.165) is 18.8 Å². The van der Waals surface area contributed by atoms with Crippen LogP contribution in [-0.2, 0) is 6.54 Å². The van der Waals surface area contributed by atoms with Gasteiger partial charge in [-0.15, -0.1) is 6.58 Å². The zero-order valence-electron chi connectivity index (χ0n) is 15.8. The van der Waals surface area contributed by atoms with Crippen molar-refractivity contribution >= 4 is 34.8 Å². The molecule has 4 rings (SSSR count). The van der Waals surface area contributed by atoms with Gasteiger partial charge in [0.2, 0.25) is 0 Å². The molecule has 0 bridgehead atoms. The summed E-state index contributed by atoms with van der Waals surface area (Å²) in [5, 5.41) is 3.56. The first-order valence-corrected chi connectivity index (χ1v) is 9.82. The quantitative estimate of drug-likeness (QED) is 0.502. The Morgan fingerprint density at radius 2 is 2.24 bits per heavy atom. The summed E-state index contributed by atoms with van der Waals surface area (Å²) in [6, 6.07) is 10.8.